The van der Waals surface area contributed by atoms with E-state index in [0.29, 0.717) is 17.3 Å². The number of aromatic nitrogens is 2. The van der Waals surface area contributed by atoms with Crippen LogP contribution >= 0.6 is 11.6 Å². The maximum absolute atomic E-state index is 12.2. The van der Waals surface area contributed by atoms with Gasteiger partial charge < -0.3 is 14.7 Å². The van der Waals surface area contributed by atoms with E-state index >= 15 is 0 Å². The normalized spacial score (nSPS) is 19.1. The van der Waals surface area contributed by atoms with Crippen LogP contribution in [0.1, 0.15) is 11.4 Å². The van der Waals surface area contributed by atoms with Gasteiger partial charge in [0.15, 0.2) is 6.10 Å². The molecule has 1 atom stereocenters. The van der Waals surface area contributed by atoms with Gasteiger partial charge in [0.1, 0.15) is 6.54 Å². The lowest BCUT2D eigenvalue weighted by Gasteiger charge is -2.30. The number of aryl methyl sites for hydroxylation is 1. The third-order valence-electron chi connectivity index (χ3n) is 3.27. The molecule has 0 saturated carbocycles. The van der Waals surface area contributed by atoms with Crippen LogP contribution in [0.5, 0.6) is 0 Å². The van der Waals surface area contributed by atoms with Crippen LogP contribution in [0.2, 0.25) is 5.02 Å². The fourth-order valence-corrected chi connectivity index (χ4v) is 2.22. The van der Waals surface area contributed by atoms with Crippen molar-refractivity contribution in [2.45, 2.75) is 26.5 Å². The van der Waals surface area contributed by atoms with E-state index in [1.165, 1.54) is 9.58 Å². The number of aliphatic carboxylic acids is 1. The Bertz CT molecular complexity index is 543. The van der Waals surface area contributed by atoms with E-state index in [2.05, 4.69) is 5.10 Å². The number of carboxylic acids is 1. The highest BCUT2D eigenvalue weighted by Gasteiger charge is 2.29. The summed E-state index contributed by atoms with van der Waals surface area (Å²) in [6.07, 6.45) is -0.961. The predicted molar refractivity (Wildman–Crippen MR) is 70.7 cm³/mol. The quantitative estimate of drug-likeness (QED) is 0.877. The van der Waals surface area contributed by atoms with Crippen molar-refractivity contribution in [2.75, 3.05) is 19.7 Å². The molecule has 8 heteroatoms. The maximum atomic E-state index is 12.2. The second kappa shape index (κ2) is 5.80. The van der Waals surface area contributed by atoms with Gasteiger partial charge in [-0.15, -0.1) is 0 Å². The summed E-state index contributed by atoms with van der Waals surface area (Å²) in [6.45, 7) is 4.27. The summed E-state index contributed by atoms with van der Waals surface area (Å²) in [6, 6.07) is 0. The van der Waals surface area contributed by atoms with E-state index in [1.807, 2.05) is 0 Å². The predicted octanol–water partition coefficient (Wildman–Crippen LogP) is 0.465. The first kappa shape index (κ1) is 14.8. The number of carboxylic acid groups (broad SMARTS) is 1. The van der Waals surface area contributed by atoms with Crippen LogP contribution in [0.4, 0.5) is 0 Å². The summed E-state index contributed by atoms with van der Waals surface area (Å²) in [7, 11) is 0. The largest absolute Gasteiger partial charge is 0.479 e. The van der Waals surface area contributed by atoms with Crippen molar-refractivity contribution in [2.24, 2.45) is 0 Å². The van der Waals surface area contributed by atoms with Gasteiger partial charge in [0.2, 0.25) is 5.91 Å². The molecule has 1 amide bonds. The number of carbonyl (C=O) groups is 2. The molecule has 0 radical (unpaired) electrons. The van der Waals surface area contributed by atoms with Gasteiger partial charge in [-0.25, -0.2) is 4.79 Å². The monoisotopic (exact) mass is 301 g/mol. The smallest absolute Gasteiger partial charge is 0.334 e. The van der Waals surface area contributed by atoms with E-state index in [1.54, 1.807) is 13.8 Å². The fraction of sp³-hybridized carbons (Fsp3) is 0.583. The minimum absolute atomic E-state index is 0.0474. The molecule has 0 aromatic carbocycles. The number of rotatable bonds is 3. The fourth-order valence-electron chi connectivity index (χ4n) is 2.08. The third kappa shape index (κ3) is 2.94. The first-order valence-electron chi connectivity index (χ1n) is 6.22. The number of hydrogen-bond donors (Lipinski definition) is 1. The minimum Gasteiger partial charge on any atom is -0.479 e. The second-order valence-electron chi connectivity index (χ2n) is 4.68. The van der Waals surface area contributed by atoms with Crippen LogP contribution in [0.15, 0.2) is 0 Å². The molecule has 20 heavy (non-hydrogen) atoms. The van der Waals surface area contributed by atoms with Crippen LogP contribution in [0.3, 0.4) is 0 Å². The van der Waals surface area contributed by atoms with E-state index in [-0.39, 0.29) is 25.6 Å². The summed E-state index contributed by atoms with van der Waals surface area (Å²) >= 11 is 6.03. The van der Waals surface area contributed by atoms with Crippen molar-refractivity contribution in [1.29, 1.82) is 0 Å². The van der Waals surface area contributed by atoms with Crippen molar-refractivity contribution in [3.63, 3.8) is 0 Å². The molecule has 1 aliphatic heterocycles. The molecule has 0 bridgehead atoms. The van der Waals surface area contributed by atoms with Gasteiger partial charge in [-0.2, -0.15) is 5.10 Å². The second-order valence-corrected chi connectivity index (χ2v) is 5.06. The molecular weight excluding hydrogens is 286 g/mol. The molecule has 0 aliphatic carbocycles. The van der Waals surface area contributed by atoms with Gasteiger partial charge >= 0.3 is 5.97 Å². The van der Waals surface area contributed by atoms with Crippen molar-refractivity contribution in [3.05, 3.63) is 16.4 Å². The van der Waals surface area contributed by atoms with Gasteiger partial charge in [-0.3, -0.25) is 9.48 Å². The lowest BCUT2D eigenvalue weighted by Crippen LogP contribution is -2.49. The van der Waals surface area contributed by atoms with E-state index in [0.717, 1.165) is 5.69 Å². The Kier molecular flexibility index (Phi) is 4.29. The van der Waals surface area contributed by atoms with Crippen LogP contribution < -0.4 is 0 Å². The third-order valence-corrected chi connectivity index (χ3v) is 3.82. The first-order chi connectivity index (χ1) is 9.40. The molecule has 1 saturated heterocycles. The highest BCUT2D eigenvalue weighted by molar-refractivity contribution is 6.31. The summed E-state index contributed by atoms with van der Waals surface area (Å²) < 4.78 is 6.61. The average molecular weight is 302 g/mol. The molecular formula is C12H16ClN3O4. The van der Waals surface area contributed by atoms with Crippen molar-refractivity contribution >= 4 is 23.5 Å². The highest BCUT2D eigenvalue weighted by atomic mass is 35.5. The zero-order valence-corrected chi connectivity index (χ0v) is 12.1. The van der Waals surface area contributed by atoms with E-state index in [4.69, 9.17) is 21.4 Å². The van der Waals surface area contributed by atoms with Crippen molar-refractivity contribution in [1.82, 2.24) is 14.7 Å². The van der Waals surface area contributed by atoms with E-state index < -0.39 is 12.1 Å². The van der Waals surface area contributed by atoms with Crippen LogP contribution in [0.25, 0.3) is 0 Å². The number of carbonyl (C=O) groups excluding carboxylic acids is 1. The molecule has 0 spiro atoms. The molecule has 110 valence electrons. The minimum atomic E-state index is -1.06. The van der Waals surface area contributed by atoms with Crippen LogP contribution in [-0.2, 0) is 20.9 Å². The Hall–Kier alpha value is -1.60. The van der Waals surface area contributed by atoms with Crippen molar-refractivity contribution in [3.8, 4) is 0 Å². The standard InChI is InChI=1S/C12H16ClN3O4/c1-7-11(13)8(2)16(14-7)6-10(17)15-3-4-20-9(5-15)12(18)19/h9H,3-6H2,1-2H3,(H,18,19). The molecule has 1 aromatic rings. The lowest BCUT2D eigenvalue weighted by atomic mass is 10.2. The van der Waals surface area contributed by atoms with Gasteiger partial charge in [0.05, 0.1) is 29.6 Å². The number of nitrogens with zero attached hydrogens (tertiary/aromatic N) is 3. The number of hydrogen-bond acceptors (Lipinski definition) is 4. The highest BCUT2D eigenvalue weighted by Crippen LogP contribution is 2.19. The summed E-state index contributed by atoms with van der Waals surface area (Å²) in [4.78, 5) is 24.5. The summed E-state index contributed by atoms with van der Waals surface area (Å²) in [5.74, 6) is -1.25. The van der Waals surface area contributed by atoms with Gasteiger partial charge in [0.25, 0.3) is 0 Å². The molecule has 1 aliphatic rings. The van der Waals surface area contributed by atoms with Crippen LogP contribution in [0, 0.1) is 13.8 Å². The molecule has 7 nitrogen and oxygen atoms in total. The van der Waals surface area contributed by atoms with E-state index in [9.17, 15) is 9.59 Å². The molecule has 2 heterocycles. The van der Waals surface area contributed by atoms with Crippen LogP contribution in [-0.4, -0.2) is 57.5 Å². The zero-order valence-electron chi connectivity index (χ0n) is 11.3. The summed E-state index contributed by atoms with van der Waals surface area (Å²) in [5.41, 5.74) is 1.39. The Morgan fingerprint density at radius 1 is 1.50 bits per heavy atom. The Balaban J connectivity index is 2.04. The molecule has 1 aromatic heterocycles. The maximum Gasteiger partial charge on any atom is 0.334 e. The molecule has 1 N–H and O–H groups in total. The summed E-state index contributed by atoms with van der Waals surface area (Å²) in [5, 5.41) is 13.6. The van der Waals surface area contributed by atoms with Crippen molar-refractivity contribution < 1.29 is 19.4 Å². The molecule has 2 rings (SSSR count). The lowest BCUT2D eigenvalue weighted by molar-refractivity contribution is -0.159. The Morgan fingerprint density at radius 3 is 2.75 bits per heavy atom. The first-order valence-corrected chi connectivity index (χ1v) is 6.59. The number of ether oxygens (including phenoxy) is 1. The van der Waals surface area contributed by atoms with Gasteiger partial charge in [0, 0.05) is 6.54 Å². The average Bonchev–Trinajstić information content (AvgIpc) is 2.66. The molecule has 1 fully saturated rings. The SMILES string of the molecule is Cc1nn(CC(=O)N2CCOC(C(=O)O)C2)c(C)c1Cl. The number of halogens is 1. The number of morpholine rings is 1. The molecule has 1 unspecified atom stereocenters. The van der Waals surface area contributed by atoms with Gasteiger partial charge in [-0.05, 0) is 13.8 Å². The number of amides is 1. The Labute approximate surface area is 121 Å². The zero-order chi connectivity index (χ0) is 14.9. The Morgan fingerprint density at radius 2 is 2.20 bits per heavy atom. The topological polar surface area (TPSA) is 84.7 Å². The van der Waals surface area contributed by atoms with Gasteiger partial charge in [-0.1, -0.05) is 11.6 Å².